The molecule has 1 atom stereocenters. The molecular formula is C34H25N3. The first kappa shape index (κ1) is 21.4. The number of nitrogens with one attached hydrogen (secondary N) is 1. The highest BCUT2D eigenvalue weighted by Gasteiger charge is 2.19. The molecular weight excluding hydrogens is 450 g/mol. The van der Waals surface area contributed by atoms with Crippen molar-refractivity contribution < 1.29 is 0 Å². The van der Waals surface area contributed by atoms with Crippen LogP contribution in [0.2, 0.25) is 0 Å². The molecule has 0 aliphatic carbocycles. The highest BCUT2D eigenvalue weighted by molar-refractivity contribution is 6.09. The molecule has 0 radical (unpaired) electrons. The first-order chi connectivity index (χ1) is 18.3. The summed E-state index contributed by atoms with van der Waals surface area (Å²) in [5, 5.41) is 6.11. The normalized spacial score (nSPS) is 15.3. The number of aliphatic imine (C=N–C) groups is 1. The lowest BCUT2D eigenvalue weighted by atomic mass is 10.0. The van der Waals surface area contributed by atoms with Crippen molar-refractivity contribution in [3.63, 3.8) is 0 Å². The van der Waals surface area contributed by atoms with Gasteiger partial charge in [-0.15, -0.1) is 0 Å². The van der Waals surface area contributed by atoms with E-state index < -0.39 is 0 Å². The number of benzene rings is 5. The zero-order chi connectivity index (χ0) is 24.6. The fourth-order valence-electron chi connectivity index (χ4n) is 5.26. The molecule has 6 aromatic rings. The first-order valence-electron chi connectivity index (χ1n) is 12.6. The van der Waals surface area contributed by atoms with E-state index in [9.17, 15) is 0 Å². The number of hydrogen-bond acceptors (Lipinski definition) is 2. The van der Waals surface area contributed by atoms with Crippen LogP contribution in [0.3, 0.4) is 0 Å². The summed E-state index contributed by atoms with van der Waals surface area (Å²) in [5.74, 6) is 0.887. The molecule has 0 spiro atoms. The molecule has 176 valence electrons. The Hall–Kier alpha value is -4.89. The molecule has 1 aromatic heterocycles. The minimum absolute atomic E-state index is 0.0844. The predicted molar refractivity (Wildman–Crippen MR) is 154 cm³/mol. The standard InChI is InChI=1S/C34H25N3/c1-3-11-24(12-4-1)30-23-31(36-34(35-30)26-13-5-2-6-14-26)25-19-21-27(22-20-25)37-32-17-9-7-15-28(32)29-16-8-10-18-33(29)37/h1-23,31H,(H,35,36). The number of para-hydroxylation sites is 2. The van der Waals surface area contributed by atoms with Gasteiger partial charge in [-0.3, -0.25) is 4.99 Å². The van der Waals surface area contributed by atoms with E-state index in [2.05, 4.69) is 137 Å². The number of aromatic nitrogens is 1. The third-order valence-corrected chi connectivity index (χ3v) is 7.05. The molecule has 1 unspecified atom stereocenters. The second-order valence-corrected chi connectivity index (χ2v) is 9.32. The summed E-state index contributed by atoms with van der Waals surface area (Å²) >= 11 is 0. The zero-order valence-electron chi connectivity index (χ0n) is 20.3. The molecule has 0 bridgehead atoms. The van der Waals surface area contributed by atoms with Crippen molar-refractivity contribution in [1.82, 2.24) is 9.88 Å². The van der Waals surface area contributed by atoms with Crippen molar-refractivity contribution in [2.24, 2.45) is 4.99 Å². The van der Waals surface area contributed by atoms with Gasteiger partial charge < -0.3 is 9.88 Å². The summed E-state index contributed by atoms with van der Waals surface area (Å²) in [7, 11) is 0. The van der Waals surface area contributed by atoms with Gasteiger partial charge in [-0.25, -0.2) is 0 Å². The largest absolute Gasteiger partial charge is 0.340 e. The highest BCUT2D eigenvalue weighted by atomic mass is 15.0. The molecule has 1 aliphatic heterocycles. The van der Waals surface area contributed by atoms with E-state index in [1.54, 1.807) is 0 Å². The van der Waals surface area contributed by atoms with E-state index in [1.807, 2.05) is 12.1 Å². The molecule has 5 aromatic carbocycles. The van der Waals surface area contributed by atoms with Crippen LogP contribution >= 0.6 is 0 Å². The lowest BCUT2D eigenvalue weighted by Crippen LogP contribution is -2.27. The fraction of sp³-hybridized carbons (Fsp3) is 0.0294. The molecule has 0 saturated heterocycles. The number of nitrogens with zero attached hydrogens (tertiary/aromatic N) is 2. The third kappa shape index (κ3) is 3.82. The van der Waals surface area contributed by atoms with Gasteiger partial charge in [0.25, 0.3) is 0 Å². The van der Waals surface area contributed by atoms with Crippen LogP contribution in [0.5, 0.6) is 0 Å². The summed E-state index contributed by atoms with van der Waals surface area (Å²) in [6.45, 7) is 0. The Kier molecular flexibility index (Phi) is 5.18. The van der Waals surface area contributed by atoms with Crippen LogP contribution in [0.4, 0.5) is 0 Å². The first-order valence-corrected chi connectivity index (χ1v) is 12.6. The van der Waals surface area contributed by atoms with Crippen molar-refractivity contribution in [3.8, 4) is 5.69 Å². The van der Waals surface area contributed by atoms with E-state index in [0.29, 0.717) is 0 Å². The number of hydrogen-bond donors (Lipinski definition) is 1. The maximum atomic E-state index is 5.11. The summed E-state index contributed by atoms with van der Waals surface area (Å²) in [4.78, 5) is 5.11. The molecule has 3 nitrogen and oxygen atoms in total. The SMILES string of the molecule is C1=C(c2ccccc2)NC(c2ccccc2)=NC1c1ccc(-n2c3ccccc3c3ccccc32)cc1. The molecule has 0 amide bonds. The Balaban J connectivity index is 1.32. The predicted octanol–water partition coefficient (Wildman–Crippen LogP) is 7.92. The van der Waals surface area contributed by atoms with E-state index in [0.717, 1.165) is 33.9 Å². The zero-order valence-corrected chi connectivity index (χ0v) is 20.3. The van der Waals surface area contributed by atoms with Gasteiger partial charge in [0.1, 0.15) is 5.84 Å². The average molecular weight is 476 g/mol. The second kappa shape index (κ2) is 8.96. The highest BCUT2D eigenvalue weighted by Crippen LogP contribution is 2.33. The van der Waals surface area contributed by atoms with E-state index in [4.69, 9.17) is 4.99 Å². The summed E-state index contributed by atoms with van der Waals surface area (Å²) in [6.07, 6.45) is 2.22. The Labute approximate surface area is 216 Å². The maximum absolute atomic E-state index is 5.11. The van der Waals surface area contributed by atoms with Gasteiger partial charge in [-0.2, -0.15) is 0 Å². The van der Waals surface area contributed by atoms with E-state index >= 15 is 0 Å². The Morgan fingerprint density at radius 2 is 1.08 bits per heavy atom. The smallest absolute Gasteiger partial charge is 0.133 e. The quantitative estimate of drug-likeness (QED) is 0.276. The molecule has 37 heavy (non-hydrogen) atoms. The molecule has 3 heteroatoms. The van der Waals surface area contributed by atoms with Gasteiger partial charge >= 0.3 is 0 Å². The van der Waals surface area contributed by atoms with Crippen LogP contribution in [0.1, 0.15) is 22.7 Å². The van der Waals surface area contributed by atoms with Crippen molar-refractivity contribution in [1.29, 1.82) is 0 Å². The van der Waals surface area contributed by atoms with Crippen molar-refractivity contribution >= 4 is 33.3 Å². The molecule has 2 heterocycles. The third-order valence-electron chi connectivity index (χ3n) is 7.05. The van der Waals surface area contributed by atoms with Gasteiger partial charge in [-0.05, 0) is 41.5 Å². The van der Waals surface area contributed by atoms with E-state index in [1.165, 1.54) is 21.8 Å². The Morgan fingerprint density at radius 3 is 1.70 bits per heavy atom. The summed E-state index contributed by atoms with van der Waals surface area (Å²) in [5.41, 5.74) is 8.05. The van der Waals surface area contributed by atoms with E-state index in [-0.39, 0.29) is 6.04 Å². The van der Waals surface area contributed by atoms with Crippen LogP contribution in [0, 0.1) is 0 Å². The molecule has 0 fully saturated rings. The average Bonchev–Trinajstić information content (AvgIpc) is 3.32. The molecule has 7 rings (SSSR count). The minimum Gasteiger partial charge on any atom is -0.340 e. The van der Waals surface area contributed by atoms with Crippen LogP contribution in [0.25, 0.3) is 33.2 Å². The maximum Gasteiger partial charge on any atom is 0.133 e. The molecule has 1 N–H and O–H groups in total. The van der Waals surface area contributed by atoms with Gasteiger partial charge in [0, 0.05) is 27.7 Å². The van der Waals surface area contributed by atoms with Gasteiger partial charge in [0.05, 0.1) is 17.1 Å². The second-order valence-electron chi connectivity index (χ2n) is 9.32. The summed E-state index contributed by atoms with van der Waals surface area (Å²) < 4.78 is 2.35. The van der Waals surface area contributed by atoms with Crippen LogP contribution in [-0.4, -0.2) is 10.4 Å². The Bertz CT molecular complexity index is 1670. The van der Waals surface area contributed by atoms with Crippen molar-refractivity contribution in [2.45, 2.75) is 6.04 Å². The minimum atomic E-state index is -0.0844. The number of amidine groups is 1. The fourth-order valence-corrected chi connectivity index (χ4v) is 5.26. The number of rotatable bonds is 4. The lowest BCUT2D eigenvalue weighted by Gasteiger charge is -2.23. The lowest BCUT2D eigenvalue weighted by molar-refractivity contribution is 0.879. The monoisotopic (exact) mass is 475 g/mol. The molecule has 0 saturated carbocycles. The topological polar surface area (TPSA) is 29.3 Å². The Morgan fingerprint density at radius 1 is 0.541 bits per heavy atom. The molecule has 1 aliphatic rings. The van der Waals surface area contributed by atoms with Crippen LogP contribution in [-0.2, 0) is 0 Å². The van der Waals surface area contributed by atoms with Crippen LogP contribution in [0.15, 0.2) is 145 Å². The summed E-state index contributed by atoms with van der Waals surface area (Å²) in [6, 6.07) is 46.8. The van der Waals surface area contributed by atoms with Crippen molar-refractivity contribution in [2.75, 3.05) is 0 Å². The van der Waals surface area contributed by atoms with Gasteiger partial charge in [0.2, 0.25) is 0 Å². The van der Waals surface area contributed by atoms with Gasteiger partial charge in [0.15, 0.2) is 0 Å². The van der Waals surface area contributed by atoms with Crippen molar-refractivity contribution in [3.05, 3.63) is 156 Å². The van der Waals surface area contributed by atoms with Gasteiger partial charge in [-0.1, -0.05) is 109 Å². The number of fused-ring (bicyclic) bond motifs is 3. The van der Waals surface area contributed by atoms with Crippen LogP contribution < -0.4 is 5.32 Å².